The Bertz CT molecular complexity index is 230. The second kappa shape index (κ2) is 6.31. The smallest absolute Gasteiger partial charge is 0.313 e. The van der Waals surface area contributed by atoms with Crippen LogP contribution in [0, 0.1) is 0 Å². The van der Waals surface area contributed by atoms with E-state index in [9.17, 15) is 4.79 Å². The maximum Gasteiger partial charge on any atom is 0.313 e. The lowest BCUT2D eigenvalue weighted by Gasteiger charge is -2.28. The Morgan fingerprint density at radius 3 is 2.50 bits per heavy atom. The van der Waals surface area contributed by atoms with Crippen LogP contribution in [0.4, 0.5) is 4.79 Å². The summed E-state index contributed by atoms with van der Waals surface area (Å²) >= 11 is 4.97. The number of nitrogens with one attached hydrogen (secondary N) is 1. The summed E-state index contributed by atoms with van der Waals surface area (Å²) in [6, 6.07) is -0.602. The standard InChI is InChI=1S/C6H18N5OPS/c1-2-3-4-11(13(8,9)14)5-10-6(7)12/h2-5H2,1H3,(H3,7,10,12)(H4,8,9,14). The van der Waals surface area contributed by atoms with Gasteiger partial charge in [0.05, 0.1) is 6.67 Å². The van der Waals surface area contributed by atoms with Crippen molar-refractivity contribution in [2.75, 3.05) is 13.2 Å². The fourth-order valence-electron chi connectivity index (χ4n) is 0.856. The summed E-state index contributed by atoms with van der Waals surface area (Å²) in [6.07, 6.45) is 1.95. The van der Waals surface area contributed by atoms with Crippen molar-refractivity contribution in [3.8, 4) is 0 Å². The topological polar surface area (TPSA) is 110 Å². The monoisotopic (exact) mass is 239 g/mol. The Balaban J connectivity index is 4.12. The molecule has 0 heterocycles. The van der Waals surface area contributed by atoms with Crippen LogP contribution in [0.3, 0.4) is 0 Å². The van der Waals surface area contributed by atoms with Crippen LogP contribution in [-0.4, -0.2) is 23.9 Å². The van der Waals surface area contributed by atoms with Crippen LogP contribution >= 0.6 is 6.49 Å². The number of rotatable bonds is 6. The highest BCUT2D eigenvalue weighted by molar-refractivity contribution is 8.11. The molecule has 0 rings (SSSR count). The van der Waals surface area contributed by atoms with Crippen LogP contribution in [0.1, 0.15) is 19.8 Å². The summed E-state index contributed by atoms with van der Waals surface area (Å²) in [5, 5.41) is 2.43. The van der Waals surface area contributed by atoms with Crippen molar-refractivity contribution < 1.29 is 4.79 Å². The van der Waals surface area contributed by atoms with E-state index in [2.05, 4.69) is 12.2 Å². The van der Waals surface area contributed by atoms with Gasteiger partial charge in [-0.3, -0.25) is 11.0 Å². The van der Waals surface area contributed by atoms with E-state index < -0.39 is 12.5 Å². The first-order valence-electron chi connectivity index (χ1n) is 4.33. The van der Waals surface area contributed by atoms with E-state index in [4.69, 9.17) is 28.5 Å². The van der Waals surface area contributed by atoms with Gasteiger partial charge in [-0.1, -0.05) is 13.3 Å². The second-order valence-corrected chi connectivity index (χ2v) is 6.62. The van der Waals surface area contributed by atoms with Gasteiger partial charge in [0, 0.05) is 6.54 Å². The average molecular weight is 239 g/mol. The number of nitrogens with zero attached hydrogens (tertiary/aromatic N) is 1. The highest BCUT2D eigenvalue weighted by Crippen LogP contribution is 2.31. The van der Waals surface area contributed by atoms with Gasteiger partial charge in [-0.2, -0.15) is 0 Å². The molecule has 0 radical (unpaired) electrons. The van der Waals surface area contributed by atoms with E-state index in [0.29, 0.717) is 6.54 Å². The lowest BCUT2D eigenvalue weighted by atomic mass is 10.3. The molecule has 0 aromatic heterocycles. The van der Waals surface area contributed by atoms with E-state index in [1.54, 1.807) is 4.67 Å². The van der Waals surface area contributed by atoms with Crippen molar-refractivity contribution in [1.29, 1.82) is 0 Å². The number of hydrogen-bond acceptors (Lipinski definition) is 2. The van der Waals surface area contributed by atoms with Crippen LogP contribution < -0.4 is 22.1 Å². The largest absolute Gasteiger partial charge is 0.352 e. The molecule has 84 valence electrons. The minimum Gasteiger partial charge on any atom is -0.352 e. The lowest BCUT2D eigenvalue weighted by Crippen LogP contribution is -2.41. The van der Waals surface area contributed by atoms with E-state index in [-0.39, 0.29) is 6.67 Å². The van der Waals surface area contributed by atoms with E-state index in [1.807, 2.05) is 0 Å². The van der Waals surface area contributed by atoms with Crippen molar-refractivity contribution in [3.63, 3.8) is 0 Å². The summed E-state index contributed by atoms with van der Waals surface area (Å²) in [5.41, 5.74) is 16.2. The predicted molar refractivity (Wildman–Crippen MR) is 61.9 cm³/mol. The third-order valence-corrected chi connectivity index (χ3v) is 3.57. The number of nitrogens with two attached hydrogens (primary N) is 3. The van der Waals surface area contributed by atoms with Gasteiger partial charge in [0.1, 0.15) is 6.49 Å². The minimum absolute atomic E-state index is 0.222. The quantitative estimate of drug-likeness (QED) is 0.381. The van der Waals surface area contributed by atoms with Gasteiger partial charge < -0.3 is 11.1 Å². The normalized spacial score (nSPS) is 11.7. The molecule has 0 aliphatic rings. The molecule has 0 aliphatic heterocycles. The Kier molecular flexibility index (Phi) is 6.22. The molecule has 14 heavy (non-hydrogen) atoms. The molecule has 2 amide bonds. The van der Waals surface area contributed by atoms with Gasteiger partial charge in [-0.15, -0.1) is 0 Å². The number of urea groups is 1. The summed E-state index contributed by atoms with van der Waals surface area (Å²) in [7, 11) is 0. The Morgan fingerprint density at radius 1 is 1.57 bits per heavy atom. The SMILES string of the molecule is CCCCN(CNC(N)=O)P(N)(N)=S. The molecule has 0 atom stereocenters. The number of hydrogen-bond donors (Lipinski definition) is 4. The molecule has 0 aromatic carbocycles. The molecule has 0 bridgehead atoms. The van der Waals surface area contributed by atoms with Crippen molar-refractivity contribution >= 4 is 24.3 Å². The van der Waals surface area contributed by atoms with Crippen molar-refractivity contribution in [1.82, 2.24) is 9.99 Å². The maximum absolute atomic E-state index is 10.5. The minimum atomic E-state index is -2.47. The highest BCUT2D eigenvalue weighted by Gasteiger charge is 2.15. The zero-order chi connectivity index (χ0) is 11.2. The number of amides is 2. The lowest BCUT2D eigenvalue weighted by molar-refractivity contribution is 0.244. The van der Waals surface area contributed by atoms with Crippen LogP contribution in [0.5, 0.6) is 0 Å². The maximum atomic E-state index is 10.5. The molecule has 0 aromatic rings. The zero-order valence-electron chi connectivity index (χ0n) is 8.27. The van der Waals surface area contributed by atoms with E-state index in [1.165, 1.54) is 0 Å². The van der Waals surface area contributed by atoms with Gasteiger partial charge >= 0.3 is 6.03 Å². The second-order valence-electron chi connectivity index (χ2n) is 2.96. The molecule has 0 fully saturated rings. The fourth-order valence-corrected chi connectivity index (χ4v) is 2.02. The van der Waals surface area contributed by atoms with Gasteiger partial charge in [-0.05, 0) is 18.2 Å². The van der Waals surface area contributed by atoms with Crippen molar-refractivity contribution in [3.05, 3.63) is 0 Å². The third kappa shape index (κ3) is 6.28. The van der Waals surface area contributed by atoms with Crippen LogP contribution in [0.2, 0.25) is 0 Å². The Morgan fingerprint density at radius 2 is 2.14 bits per heavy atom. The first-order valence-corrected chi connectivity index (χ1v) is 7.23. The molecule has 0 saturated heterocycles. The number of carbonyl (C=O) groups is 1. The summed E-state index contributed by atoms with van der Waals surface area (Å²) in [5.74, 6) is 0. The first kappa shape index (κ1) is 13.8. The van der Waals surface area contributed by atoms with E-state index in [0.717, 1.165) is 12.8 Å². The van der Waals surface area contributed by atoms with Crippen LogP contribution in [0.25, 0.3) is 0 Å². The summed E-state index contributed by atoms with van der Waals surface area (Å²) in [4.78, 5) is 10.5. The summed E-state index contributed by atoms with van der Waals surface area (Å²) < 4.78 is 1.69. The number of unbranched alkanes of at least 4 members (excludes halogenated alkanes) is 1. The predicted octanol–water partition coefficient (Wildman–Crippen LogP) is -0.144. The summed E-state index contributed by atoms with van der Waals surface area (Å²) in [6.45, 7) is 0.490. The van der Waals surface area contributed by atoms with Crippen LogP contribution in [0.15, 0.2) is 0 Å². The molecule has 7 N–H and O–H groups in total. The molecule has 0 spiro atoms. The number of primary amides is 1. The van der Waals surface area contributed by atoms with Gasteiger partial charge in [-0.25, -0.2) is 9.46 Å². The zero-order valence-corrected chi connectivity index (χ0v) is 9.98. The molecule has 0 unspecified atom stereocenters. The molecular formula is C6H18N5OPS. The average Bonchev–Trinajstić information content (AvgIpc) is 2.01. The third-order valence-electron chi connectivity index (χ3n) is 1.65. The number of carbonyl (C=O) groups excluding carboxylic acids is 1. The van der Waals surface area contributed by atoms with Gasteiger partial charge in [0.25, 0.3) is 0 Å². The molecule has 0 aliphatic carbocycles. The van der Waals surface area contributed by atoms with Crippen molar-refractivity contribution in [2.45, 2.75) is 19.8 Å². The van der Waals surface area contributed by atoms with Crippen molar-refractivity contribution in [2.24, 2.45) is 16.7 Å². The van der Waals surface area contributed by atoms with Gasteiger partial charge in [0.2, 0.25) is 0 Å². The first-order chi connectivity index (χ1) is 6.38. The van der Waals surface area contributed by atoms with Gasteiger partial charge in [0.15, 0.2) is 0 Å². The van der Waals surface area contributed by atoms with E-state index >= 15 is 0 Å². The molecule has 8 heteroatoms. The highest BCUT2D eigenvalue weighted by atomic mass is 32.4. The Hall–Kier alpha value is -0.200. The van der Waals surface area contributed by atoms with Crippen LogP contribution in [-0.2, 0) is 11.8 Å². The molecular weight excluding hydrogens is 221 g/mol. The molecule has 6 nitrogen and oxygen atoms in total. The fraction of sp³-hybridized carbons (Fsp3) is 0.833. The molecule has 0 saturated carbocycles. The Labute approximate surface area is 89.3 Å².